The first-order valence-electron chi connectivity index (χ1n) is 9.32. The molecule has 1 aliphatic heterocycles. The van der Waals surface area contributed by atoms with Crippen LogP contribution in [-0.4, -0.2) is 17.7 Å². The van der Waals surface area contributed by atoms with Crippen LogP contribution in [0, 0.1) is 13.8 Å². The first-order valence-corrected chi connectivity index (χ1v) is 9.32. The number of rotatable bonds is 1. The summed E-state index contributed by atoms with van der Waals surface area (Å²) in [6.45, 7) is 8.64. The predicted molar refractivity (Wildman–Crippen MR) is 112 cm³/mol. The smallest absolute Gasteiger partial charge is 0.227 e. The maximum absolute atomic E-state index is 6.33. The van der Waals surface area contributed by atoms with Gasteiger partial charge in [-0.1, -0.05) is 24.3 Å². The van der Waals surface area contributed by atoms with Crippen LogP contribution in [0.4, 0.5) is 17.1 Å². The number of anilines is 3. The molecule has 136 valence electrons. The average Bonchev–Trinajstić information content (AvgIpc) is 3.09. The van der Waals surface area contributed by atoms with Crippen LogP contribution in [-0.2, 0) is 0 Å². The fourth-order valence-electron chi connectivity index (χ4n) is 4.25. The van der Waals surface area contributed by atoms with Crippen molar-refractivity contribution in [2.24, 2.45) is 0 Å². The Balaban J connectivity index is 1.87. The topological polar surface area (TPSA) is 32.5 Å². The molecule has 0 amide bonds. The van der Waals surface area contributed by atoms with E-state index >= 15 is 0 Å². The predicted octanol–water partition coefficient (Wildman–Crippen LogP) is 5.92. The van der Waals surface area contributed by atoms with Crippen molar-refractivity contribution in [1.29, 1.82) is 0 Å². The summed E-state index contributed by atoms with van der Waals surface area (Å²) >= 11 is 0. The van der Waals surface area contributed by atoms with Gasteiger partial charge in [-0.2, -0.15) is 0 Å². The summed E-state index contributed by atoms with van der Waals surface area (Å²) in [5, 5.41) is 2.18. The van der Waals surface area contributed by atoms with Crippen molar-refractivity contribution >= 4 is 39.1 Å². The molecule has 0 unspecified atom stereocenters. The molecular formula is C23H23N3O. The molecule has 0 spiro atoms. The molecule has 4 nitrogen and oxygen atoms in total. The summed E-state index contributed by atoms with van der Waals surface area (Å²) in [6.07, 6.45) is 0. The van der Waals surface area contributed by atoms with Crippen molar-refractivity contribution in [2.75, 3.05) is 16.8 Å². The maximum Gasteiger partial charge on any atom is 0.227 e. The summed E-state index contributed by atoms with van der Waals surface area (Å²) < 4.78 is 6.33. The molecule has 2 aromatic heterocycles. The van der Waals surface area contributed by atoms with E-state index < -0.39 is 0 Å². The van der Waals surface area contributed by atoms with E-state index in [-0.39, 0.29) is 5.66 Å². The molecule has 0 saturated carbocycles. The Morgan fingerprint density at radius 1 is 0.889 bits per heavy atom. The molecule has 0 fully saturated rings. The van der Waals surface area contributed by atoms with Gasteiger partial charge < -0.3 is 14.2 Å². The van der Waals surface area contributed by atoms with E-state index in [1.54, 1.807) is 0 Å². The van der Waals surface area contributed by atoms with Crippen LogP contribution in [0.15, 0.2) is 52.9 Å². The van der Waals surface area contributed by atoms with Crippen LogP contribution >= 0.6 is 0 Å². The number of furan rings is 1. The highest BCUT2D eigenvalue weighted by Crippen LogP contribution is 2.51. The Morgan fingerprint density at radius 3 is 2.37 bits per heavy atom. The van der Waals surface area contributed by atoms with Gasteiger partial charge in [0.05, 0.1) is 17.1 Å². The van der Waals surface area contributed by atoms with Crippen LogP contribution in [0.25, 0.3) is 22.1 Å². The van der Waals surface area contributed by atoms with E-state index in [0.717, 1.165) is 27.7 Å². The van der Waals surface area contributed by atoms with E-state index in [1.807, 2.05) is 13.0 Å². The molecule has 0 atom stereocenters. The standard InChI is InChI=1S/C23H23N3O/c1-14-10-12-16-17-13-11-15(2)24-22(17)27-21(16)20(14)26-19-9-7-6-8-18(19)25(5)23(26,3)4/h6-13H,1-5H3. The Kier molecular flexibility index (Phi) is 3.15. The molecule has 5 rings (SSSR count). The summed E-state index contributed by atoms with van der Waals surface area (Å²) in [5.74, 6) is 0. The number of hydrogen-bond acceptors (Lipinski definition) is 4. The Hall–Kier alpha value is -3.01. The lowest BCUT2D eigenvalue weighted by atomic mass is 10.0. The average molecular weight is 357 g/mol. The molecule has 0 aliphatic carbocycles. The van der Waals surface area contributed by atoms with E-state index in [1.165, 1.54) is 16.9 Å². The first kappa shape index (κ1) is 16.2. The minimum Gasteiger partial charge on any atom is -0.435 e. The number of pyridine rings is 1. The quantitative estimate of drug-likeness (QED) is 0.423. The van der Waals surface area contributed by atoms with Gasteiger partial charge in [0.15, 0.2) is 5.58 Å². The zero-order chi connectivity index (χ0) is 18.9. The molecule has 4 aromatic rings. The Bertz CT molecular complexity index is 1210. The van der Waals surface area contributed by atoms with E-state index in [9.17, 15) is 0 Å². The number of hydrogen-bond donors (Lipinski definition) is 0. The molecule has 0 bridgehead atoms. The summed E-state index contributed by atoms with van der Waals surface area (Å²) in [5.41, 5.74) is 7.09. The first-order chi connectivity index (χ1) is 12.9. The number of fused-ring (bicyclic) bond motifs is 4. The minimum absolute atomic E-state index is 0.217. The lowest BCUT2D eigenvalue weighted by molar-refractivity contribution is 0.519. The van der Waals surface area contributed by atoms with Crippen molar-refractivity contribution < 1.29 is 4.42 Å². The number of nitrogens with zero attached hydrogens (tertiary/aromatic N) is 3. The van der Waals surface area contributed by atoms with Crippen LogP contribution < -0.4 is 9.80 Å². The Labute approximate surface area is 159 Å². The SMILES string of the molecule is Cc1ccc2c(n1)oc1c(N3c4ccccc4N(C)C3(C)C)c(C)ccc12. The second kappa shape index (κ2) is 5.26. The van der Waals surface area contributed by atoms with Crippen LogP contribution in [0.2, 0.25) is 0 Å². The van der Waals surface area contributed by atoms with Crippen molar-refractivity contribution in [3.63, 3.8) is 0 Å². The monoisotopic (exact) mass is 357 g/mol. The summed E-state index contributed by atoms with van der Waals surface area (Å²) in [7, 11) is 2.15. The maximum atomic E-state index is 6.33. The molecule has 0 radical (unpaired) electrons. The minimum atomic E-state index is -0.217. The molecule has 4 heteroatoms. The molecule has 0 saturated heterocycles. The summed E-state index contributed by atoms with van der Waals surface area (Å²) in [6, 6.07) is 17.0. The molecule has 0 N–H and O–H groups in total. The summed E-state index contributed by atoms with van der Waals surface area (Å²) in [4.78, 5) is 9.33. The van der Waals surface area contributed by atoms with Crippen molar-refractivity contribution in [1.82, 2.24) is 4.98 Å². The third-order valence-corrected chi connectivity index (χ3v) is 5.90. The van der Waals surface area contributed by atoms with Gasteiger partial charge in [0, 0.05) is 23.5 Å². The number of aryl methyl sites for hydroxylation is 2. The van der Waals surface area contributed by atoms with Gasteiger partial charge in [0.1, 0.15) is 5.66 Å². The van der Waals surface area contributed by atoms with Gasteiger partial charge in [-0.25, -0.2) is 4.98 Å². The van der Waals surface area contributed by atoms with Gasteiger partial charge in [-0.15, -0.1) is 0 Å². The molecular weight excluding hydrogens is 334 g/mol. The van der Waals surface area contributed by atoms with Gasteiger partial charge >= 0.3 is 0 Å². The van der Waals surface area contributed by atoms with Crippen LogP contribution in [0.3, 0.4) is 0 Å². The number of aromatic nitrogens is 1. The lowest BCUT2D eigenvalue weighted by Gasteiger charge is -2.39. The highest BCUT2D eigenvalue weighted by molar-refractivity contribution is 6.10. The number of benzene rings is 2. The van der Waals surface area contributed by atoms with Gasteiger partial charge in [-0.3, -0.25) is 0 Å². The largest absolute Gasteiger partial charge is 0.435 e. The second-order valence-corrected chi connectivity index (χ2v) is 7.89. The molecule has 3 heterocycles. The van der Waals surface area contributed by atoms with Crippen molar-refractivity contribution in [2.45, 2.75) is 33.4 Å². The lowest BCUT2D eigenvalue weighted by Crippen LogP contribution is -2.48. The number of para-hydroxylation sites is 2. The van der Waals surface area contributed by atoms with E-state index in [2.05, 4.69) is 85.1 Å². The third kappa shape index (κ3) is 2.07. The zero-order valence-corrected chi connectivity index (χ0v) is 16.4. The van der Waals surface area contributed by atoms with Gasteiger partial charge in [0.2, 0.25) is 5.71 Å². The van der Waals surface area contributed by atoms with Gasteiger partial charge in [-0.05, 0) is 57.5 Å². The normalized spacial score (nSPS) is 15.7. The molecule has 2 aromatic carbocycles. The molecule has 1 aliphatic rings. The molecule has 27 heavy (non-hydrogen) atoms. The Morgan fingerprint density at radius 2 is 1.59 bits per heavy atom. The van der Waals surface area contributed by atoms with E-state index in [0.29, 0.717) is 5.71 Å². The third-order valence-electron chi connectivity index (χ3n) is 5.90. The fraction of sp³-hybridized carbons (Fsp3) is 0.261. The van der Waals surface area contributed by atoms with Crippen molar-refractivity contribution in [3.05, 3.63) is 59.8 Å². The fourth-order valence-corrected chi connectivity index (χ4v) is 4.25. The highest BCUT2D eigenvalue weighted by Gasteiger charge is 2.42. The highest BCUT2D eigenvalue weighted by atomic mass is 16.3. The van der Waals surface area contributed by atoms with Gasteiger partial charge in [0.25, 0.3) is 0 Å². The van der Waals surface area contributed by atoms with Crippen LogP contribution in [0.1, 0.15) is 25.1 Å². The van der Waals surface area contributed by atoms with Crippen molar-refractivity contribution in [3.8, 4) is 0 Å². The zero-order valence-electron chi connectivity index (χ0n) is 16.4. The van der Waals surface area contributed by atoms with E-state index in [4.69, 9.17) is 4.42 Å². The second-order valence-electron chi connectivity index (χ2n) is 7.89. The van der Waals surface area contributed by atoms with Crippen LogP contribution in [0.5, 0.6) is 0 Å².